The van der Waals surface area contributed by atoms with Crippen LogP contribution in [0.1, 0.15) is 0 Å². The second kappa shape index (κ2) is 6.01. The molecule has 0 atom stereocenters. The van der Waals surface area contributed by atoms with Gasteiger partial charge in [0.1, 0.15) is 0 Å². The molecule has 3 radical (unpaired) electrons. The van der Waals surface area contributed by atoms with Gasteiger partial charge in [-0.05, 0) is 35.4 Å². The lowest BCUT2D eigenvalue weighted by molar-refractivity contribution is 1.30. The highest BCUT2D eigenvalue weighted by atomic mass is 28.1. The predicted molar refractivity (Wildman–Crippen MR) is 111 cm³/mol. The summed E-state index contributed by atoms with van der Waals surface area (Å²) >= 11 is 0. The molecule has 121 valence electrons. The van der Waals surface area contributed by atoms with E-state index in [1.54, 1.807) is 0 Å². The SMILES string of the molecule is [Si]c1ccc(N2c3ccccc3-c3ccccc3-c3ccccc32)cc1. The van der Waals surface area contributed by atoms with Crippen molar-refractivity contribution >= 4 is 32.5 Å². The Morgan fingerprint density at radius 3 is 1.38 bits per heavy atom. The Labute approximate surface area is 157 Å². The normalized spacial score (nSPS) is 12.0. The molecule has 4 aromatic carbocycles. The molecule has 0 N–H and O–H groups in total. The number of para-hydroxylation sites is 2. The number of hydrogen-bond acceptors (Lipinski definition) is 1. The van der Waals surface area contributed by atoms with Crippen LogP contribution in [-0.4, -0.2) is 10.2 Å². The summed E-state index contributed by atoms with van der Waals surface area (Å²) in [5.74, 6) is 0. The van der Waals surface area contributed by atoms with Crippen LogP contribution >= 0.6 is 0 Å². The maximum atomic E-state index is 3.61. The molecule has 0 aromatic heterocycles. The van der Waals surface area contributed by atoms with Crippen LogP contribution in [-0.2, 0) is 0 Å². The molecule has 0 saturated heterocycles. The van der Waals surface area contributed by atoms with Gasteiger partial charge in [-0.15, -0.1) is 0 Å². The summed E-state index contributed by atoms with van der Waals surface area (Å²) in [5, 5.41) is 1.08. The molecule has 0 aliphatic carbocycles. The zero-order valence-corrected chi connectivity index (χ0v) is 15.2. The zero-order valence-electron chi connectivity index (χ0n) is 14.2. The Bertz CT molecular complexity index is 1030. The van der Waals surface area contributed by atoms with Crippen LogP contribution in [0, 0.1) is 0 Å². The van der Waals surface area contributed by atoms with Crippen LogP contribution in [0.25, 0.3) is 22.3 Å². The standard InChI is InChI=1S/C24H16NSi/c26-18-15-13-17(14-16-18)25-23-11-5-3-9-21(23)19-7-1-2-8-20(19)22-10-4-6-12-24(22)25/h1-16H. The number of rotatable bonds is 1. The van der Waals surface area contributed by atoms with E-state index in [2.05, 4.69) is 112 Å². The number of hydrogen-bond donors (Lipinski definition) is 0. The molecule has 2 heteroatoms. The van der Waals surface area contributed by atoms with E-state index in [-0.39, 0.29) is 0 Å². The fraction of sp³-hybridized carbons (Fsp3) is 0. The summed E-state index contributed by atoms with van der Waals surface area (Å²) in [4.78, 5) is 2.36. The molecule has 0 unspecified atom stereocenters. The first-order valence-corrected chi connectivity index (χ1v) is 9.22. The molecular weight excluding hydrogens is 330 g/mol. The number of anilines is 3. The molecule has 26 heavy (non-hydrogen) atoms. The van der Waals surface area contributed by atoms with Gasteiger partial charge in [-0.1, -0.05) is 78.0 Å². The van der Waals surface area contributed by atoms with Gasteiger partial charge in [-0.2, -0.15) is 0 Å². The van der Waals surface area contributed by atoms with E-state index in [1.807, 2.05) is 0 Å². The number of benzene rings is 4. The minimum absolute atomic E-state index is 1.08. The highest BCUT2D eigenvalue weighted by molar-refractivity contribution is 6.32. The molecule has 0 fully saturated rings. The molecule has 0 saturated carbocycles. The first kappa shape index (κ1) is 15.2. The lowest BCUT2D eigenvalue weighted by Crippen LogP contribution is -2.12. The van der Waals surface area contributed by atoms with E-state index < -0.39 is 0 Å². The number of nitrogens with zero attached hydrogens (tertiary/aromatic N) is 1. The molecular formula is C24H16NSi. The van der Waals surface area contributed by atoms with Gasteiger partial charge >= 0.3 is 0 Å². The van der Waals surface area contributed by atoms with E-state index >= 15 is 0 Å². The lowest BCUT2D eigenvalue weighted by Gasteiger charge is -2.27. The molecule has 4 aromatic rings. The molecule has 1 aliphatic heterocycles. The maximum absolute atomic E-state index is 3.61. The van der Waals surface area contributed by atoms with Crippen molar-refractivity contribution in [3.8, 4) is 22.3 Å². The lowest BCUT2D eigenvalue weighted by atomic mass is 9.95. The second-order valence-corrected chi connectivity index (χ2v) is 7.04. The first-order valence-electron chi connectivity index (χ1n) is 8.72. The van der Waals surface area contributed by atoms with Crippen molar-refractivity contribution in [3.05, 3.63) is 97.1 Å². The fourth-order valence-electron chi connectivity index (χ4n) is 3.76. The third kappa shape index (κ3) is 2.31. The van der Waals surface area contributed by atoms with Crippen molar-refractivity contribution in [1.29, 1.82) is 0 Å². The van der Waals surface area contributed by atoms with Crippen molar-refractivity contribution in [2.75, 3.05) is 4.90 Å². The van der Waals surface area contributed by atoms with Gasteiger partial charge in [0.2, 0.25) is 0 Å². The molecule has 0 amide bonds. The quantitative estimate of drug-likeness (QED) is 0.357. The molecule has 0 bridgehead atoms. The van der Waals surface area contributed by atoms with E-state index in [0.717, 1.165) is 10.9 Å². The predicted octanol–water partition coefficient (Wildman–Crippen LogP) is 5.60. The van der Waals surface area contributed by atoms with Crippen LogP contribution < -0.4 is 10.1 Å². The molecule has 0 spiro atoms. The van der Waals surface area contributed by atoms with Crippen molar-refractivity contribution in [2.24, 2.45) is 0 Å². The van der Waals surface area contributed by atoms with Gasteiger partial charge in [0.05, 0.1) is 21.6 Å². The fourth-order valence-corrected chi connectivity index (χ4v) is 3.93. The monoisotopic (exact) mass is 346 g/mol. The van der Waals surface area contributed by atoms with E-state index in [9.17, 15) is 0 Å². The van der Waals surface area contributed by atoms with Gasteiger partial charge < -0.3 is 4.90 Å². The highest BCUT2D eigenvalue weighted by Crippen LogP contribution is 2.50. The number of fused-ring (bicyclic) bond motifs is 5. The third-order valence-corrected chi connectivity index (χ3v) is 5.26. The summed E-state index contributed by atoms with van der Waals surface area (Å²) in [5.41, 5.74) is 8.60. The summed E-state index contributed by atoms with van der Waals surface area (Å²) in [7, 11) is 3.61. The molecule has 5 rings (SSSR count). The summed E-state index contributed by atoms with van der Waals surface area (Å²) < 4.78 is 0. The van der Waals surface area contributed by atoms with E-state index in [1.165, 1.54) is 33.6 Å². The Kier molecular flexibility index (Phi) is 3.51. The van der Waals surface area contributed by atoms with Crippen LogP contribution in [0.3, 0.4) is 0 Å². The minimum Gasteiger partial charge on any atom is -0.309 e. The first-order chi connectivity index (χ1) is 12.8. The van der Waals surface area contributed by atoms with E-state index in [4.69, 9.17) is 0 Å². The van der Waals surface area contributed by atoms with Gasteiger partial charge in [-0.25, -0.2) is 0 Å². The molecule has 1 aliphatic rings. The Morgan fingerprint density at radius 1 is 0.462 bits per heavy atom. The maximum Gasteiger partial charge on any atom is 0.0711 e. The minimum atomic E-state index is 1.08. The average Bonchev–Trinajstić information content (AvgIpc) is 2.82. The highest BCUT2D eigenvalue weighted by Gasteiger charge is 2.24. The summed E-state index contributed by atoms with van der Waals surface area (Å²) in [6.45, 7) is 0. The van der Waals surface area contributed by atoms with Crippen LogP contribution in [0.5, 0.6) is 0 Å². The van der Waals surface area contributed by atoms with Gasteiger partial charge in [0.15, 0.2) is 0 Å². The summed E-state index contributed by atoms with van der Waals surface area (Å²) in [6.07, 6.45) is 0. The van der Waals surface area contributed by atoms with Crippen LogP contribution in [0.15, 0.2) is 97.1 Å². The van der Waals surface area contributed by atoms with Crippen molar-refractivity contribution in [3.63, 3.8) is 0 Å². The van der Waals surface area contributed by atoms with Crippen molar-refractivity contribution in [1.82, 2.24) is 0 Å². The smallest absolute Gasteiger partial charge is 0.0711 e. The van der Waals surface area contributed by atoms with Crippen LogP contribution in [0.4, 0.5) is 17.1 Å². The largest absolute Gasteiger partial charge is 0.309 e. The Balaban J connectivity index is 1.89. The third-order valence-electron chi connectivity index (χ3n) is 4.92. The molecule has 1 heterocycles. The summed E-state index contributed by atoms with van der Waals surface area (Å²) in [6, 6.07) is 34.5. The zero-order chi connectivity index (χ0) is 17.5. The topological polar surface area (TPSA) is 3.24 Å². The van der Waals surface area contributed by atoms with Crippen molar-refractivity contribution < 1.29 is 0 Å². The van der Waals surface area contributed by atoms with Gasteiger partial charge in [-0.3, -0.25) is 0 Å². The Hall–Kier alpha value is -3.10. The second-order valence-electron chi connectivity index (χ2n) is 6.46. The van der Waals surface area contributed by atoms with Crippen molar-refractivity contribution in [2.45, 2.75) is 0 Å². The van der Waals surface area contributed by atoms with E-state index in [0.29, 0.717) is 0 Å². The van der Waals surface area contributed by atoms with Gasteiger partial charge in [0, 0.05) is 16.8 Å². The molecule has 1 nitrogen and oxygen atoms in total. The van der Waals surface area contributed by atoms with Crippen LogP contribution in [0.2, 0.25) is 0 Å². The van der Waals surface area contributed by atoms with Gasteiger partial charge in [0.25, 0.3) is 0 Å². The average molecular weight is 346 g/mol. The Morgan fingerprint density at radius 2 is 0.885 bits per heavy atom.